The highest BCUT2D eigenvalue weighted by molar-refractivity contribution is 6.06. The van der Waals surface area contributed by atoms with Crippen LogP contribution in [0.1, 0.15) is 30.1 Å². The number of hydrogen-bond donors (Lipinski definition) is 2. The summed E-state index contributed by atoms with van der Waals surface area (Å²) in [7, 11) is 1.39. The van der Waals surface area contributed by atoms with Gasteiger partial charge in [-0.2, -0.15) is 5.10 Å². The molecule has 0 amide bonds. The molecule has 1 aromatic carbocycles. The van der Waals surface area contributed by atoms with Crippen LogP contribution in [0.3, 0.4) is 0 Å². The zero-order valence-electron chi connectivity index (χ0n) is 13.1. The standard InChI is InChI=1S/C16H22N4O2/c1-3-17-11-6-8-20(9-7-11)14-5-4-12(16(21)22-2)15-13(14)10-18-19-15/h4-5,10-11,17H,3,6-9H2,1-2H3,(H,18,19). The summed E-state index contributed by atoms with van der Waals surface area (Å²) in [6, 6.07) is 4.42. The Bertz CT molecular complexity index is 659. The fourth-order valence-corrected chi connectivity index (χ4v) is 3.19. The smallest absolute Gasteiger partial charge is 0.340 e. The predicted octanol–water partition coefficient (Wildman–Crippen LogP) is 1.93. The molecule has 0 atom stereocenters. The molecule has 0 saturated carbocycles. The van der Waals surface area contributed by atoms with Gasteiger partial charge in [-0.15, -0.1) is 0 Å². The third kappa shape index (κ3) is 2.66. The molecule has 2 aromatic rings. The predicted molar refractivity (Wildman–Crippen MR) is 86.3 cm³/mol. The van der Waals surface area contributed by atoms with Gasteiger partial charge in [0.05, 0.1) is 24.4 Å². The summed E-state index contributed by atoms with van der Waals surface area (Å²) in [6.45, 7) is 5.18. The molecule has 0 radical (unpaired) electrons. The van der Waals surface area contributed by atoms with Crippen LogP contribution in [0.2, 0.25) is 0 Å². The third-order valence-corrected chi connectivity index (χ3v) is 4.33. The minimum Gasteiger partial charge on any atom is -0.465 e. The number of benzene rings is 1. The molecule has 0 unspecified atom stereocenters. The second-order valence-electron chi connectivity index (χ2n) is 5.60. The van der Waals surface area contributed by atoms with E-state index in [0.29, 0.717) is 11.6 Å². The zero-order chi connectivity index (χ0) is 15.5. The first-order valence-corrected chi connectivity index (χ1v) is 7.77. The Morgan fingerprint density at radius 2 is 2.23 bits per heavy atom. The number of H-pyrrole nitrogens is 1. The van der Waals surface area contributed by atoms with Gasteiger partial charge in [0.1, 0.15) is 0 Å². The van der Waals surface area contributed by atoms with Gasteiger partial charge < -0.3 is 15.0 Å². The van der Waals surface area contributed by atoms with Gasteiger partial charge >= 0.3 is 5.97 Å². The maximum Gasteiger partial charge on any atom is 0.340 e. The van der Waals surface area contributed by atoms with E-state index in [1.807, 2.05) is 12.1 Å². The zero-order valence-corrected chi connectivity index (χ0v) is 13.1. The summed E-state index contributed by atoms with van der Waals surface area (Å²) in [5.41, 5.74) is 2.41. The van der Waals surface area contributed by atoms with Crippen molar-refractivity contribution in [2.45, 2.75) is 25.8 Å². The Balaban J connectivity index is 1.87. The van der Waals surface area contributed by atoms with Crippen LogP contribution in [0.5, 0.6) is 0 Å². The molecule has 6 nitrogen and oxygen atoms in total. The molecule has 1 aliphatic rings. The van der Waals surface area contributed by atoms with Crippen LogP contribution in [0.25, 0.3) is 10.9 Å². The summed E-state index contributed by atoms with van der Waals surface area (Å²) in [5.74, 6) is -0.341. The largest absolute Gasteiger partial charge is 0.465 e. The number of aromatic nitrogens is 2. The quantitative estimate of drug-likeness (QED) is 0.845. The summed E-state index contributed by atoms with van der Waals surface area (Å²) in [4.78, 5) is 14.2. The lowest BCUT2D eigenvalue weighted by Gasteiger charge is -2.34. The number of piperidine rings is 1. The average molecular weight is 302 g/mol. The van der Waals surface area contributed by atoms with Crippen molar-refractivity contribution in [1.29, 1.82) is 0 Å². The molecule has 0 spiro atoms. The van der Waals surface area contributed by atoms with Crippen LogP contribution in [0.15, 0.2) is 18.3 Å². The van der Waals surface area contributed by atoms with Crippen molar-refractivity contribution in [2.75, 3.05) is 31.6 Å². The SMILES string of the molecule is CCNC1CCN(c2ccc(C(=O)OC)c3[nH]ncc23)CC1. The second kappa shape index (κ2) is 6.36. The number of nitrogens with one attached hydrogen (secondary N) is 2. The number of methoxy groups -OCH3 is 1. The normalized spacial score (nSPS) is 16.2. The van der Waals surface area contributed by atoms with E-state index in [0.717, 1.165) is 49.1 Å². The third-order valence-electron chi connectivity index (χ3n) is 4.33. The maximum absolute atomic E-state index is 11.8. The van der Waals surface area contributed by atoms with E-state index < -0.39 is 0 Å². The summed E-state index contributed by atoms with van der Waals surface area (Å²) >= 11 is 0. The molecular formula is C16H22N4O2. The van der Waals surface area contributed by atoms with Gasteiger partial charge in [0.15, 0.2) is 0 Å². The first-order chi connectivity index (χ1) is 10.7. The van der Waals surface area contributed by atoms with Crippen LogP contribution in [-0.2, 0) is 4.74 Å². The van der Waals surface area contributed by atoms with E-state index in [9.17, 15) is 4.79 Å². The Labute approximate surface area is 129 Å². The van der Waals surface area contributed by atoms with E-state index in [1.165, 1.54) is 7.11 Å². The van der Waals surface area contributed by atoms with Gasteiger partial charge in [0, 0.05) is 30.2 Å². The van der Waals surface area contributed by atoms with Crippen molar-refractivity contribution in [3.8, 4) is 0 Å². The van der Waals surface area contributed by atoms with Gasteiger partial charge in [-0.25, -0.2) is 4.79 Å². The van der Waals surface area contributed by atoms with Crippen LogP contribution in [0.4, 0.5) is 5.69 Å². The summed E-state index contributed by atoms with van der Waals surface area (Å²) in [6.07, 6.45) is 4.05. The highest BCUT2D eigenvalue weighted by Gasteiger charge is 2.22. The number of ether oxygens (including phenoxy) is 1. The lowest BCUT2D eigenvalue weighted by molar-refractivity contribution is 0.0603. The molecular weight excluding hydrogens is 280 g/mol. The Hall–Kier alpha value is -2.08. The topological polar surface area (TPSA) is 70.2 Å². The van der Waals surface area contributed by atoms with Gasteiger partial charge in [0.2, 0.25) is 0 Å². The van der Waals surface area contributed by atoms with Crippen molar-refractivity contribution < 1.29 is 9.53 Å². The van der Waals surface area contributed by atoms with E-state index in [-0.39, 0.29) is 5.97 Å². The number of aromatic amines is 1. The number of rotatable bonds is 4. The molecule has 1 aromatic heterocycles. The van der Waals surface area contributed by atoms with Gasteiger partial charge in [-0.3, -0.25) is 5.10 Å². The van der Waals surface area contributed by atoms with E-state index >= 15 is 0 Å². The Kier molecular flexibility index (Phi) is 4.29. The molecule has 1 aliphatic heterocycles. The molecule has 2 N–H and O–H groups in total. The molecule has 1 fully saturated rings. The second-order valence-corrected chi connectivity index (χ2v) is 5.60. The van der Waals surface area contributed by atoms with Crippen molar-refractivity contribution in [1.82, 2.24) is 15.5 Å². The summed E-state index contributed by atoms with van der Waals surface area (Å²) in [5, 5.41) is 11.5. The Morgan fingerprint density at radius 1 is 1.45 bits per heavy atom. The van der Waals surface area contributed by atoms with E-state index in [2.05, 4.69) is 27.3 Å². The van der Waals surface area contributed by atoms with Crippen LogP contribution in [-0.4, -0.2) is 49.0 Å². The molecule has 3 rings (SSSR count). The number of fused-ring (bicyclic) bond motifs is 1. The molecule has 1 saturated heterocycles. The van der Waals surface area contributed by atoms with Gasteiger partial charge in [0.25, 0.3) is 0 Å². The molecule has 0 bridgehead atoms. The monoisotopic (exact) mass is 302 g/mol. The van der Waals surface area contributed by atoms with Crippen molar-refractivity contribution in [3.05, 3.63) is 23.9 Å². The molecule has 6 heteroatoms. The molecule has 2 heterocycles. The molecule has 0 aliphatic carbocycles. The first-order valence-electron chi connectivity index (χ1n) is 7.77. The molecule has 22 heavy (non-hydrogen) atoms. The minimum absolute atomic E-state index is 0.341. The highest BCUT2D eigenvalue weighted by atomic mass is 16.5. The highest BCUT2D eigenvalue weighted by Crippen LogP contribution is 2.30. The minimum atomic E-state index is -0.341. The number of anilines is 1. The first kappa shape index (κ1) is 14.8. The van der Waals surface area contributed by atoms with Gasteiger partial charge in [-0.05, 0) is 31.5 Å². The van der Waals surface area contributed by atoms with E-state index in [1.54, 1.807) is 6.20 Å². The number of carbonyl (C=O) groups excluding carboxylic acids is 1. The Morgan fingerprint density at radius 3 is 2.91 bits per heavy atom. The van der Waals surface area contributed by atoms with Crippen molar-refractivity contribution in [3.63, 3.8) is 0 Å². The van der Waals surface area contributed by atoms with Crippen molar-refractivity contribution >= 4 is 22.6 Å². The lowest BCUT2D eigenvalue weighted by atomic mass is 10.0. The van der Waals surface area contributed by atoms with Gasteiger partial charge in [-0.1, -0.05) is 6.92 Å². The number of carbonyl (C=O) groups is 1. The van der Waals surface area contributed by atoms with E-state index in [4.69, 9.17) is 4.74 Å². The number of hydrogen-bond acceptors (Lipinski definition) is 5. The fraction of sp³-hybridized carbons (Fsp3) is 0.500. The maximum atomic E-state index is 11.8. The lowest BCUT2D eigenvalue weighted by Crippen LogP contribution is -2.42. The van der Waals surface area contributed by atoms with Crippen LogP contribution in [0, 0.1) is 0 Å². The van der Waals surface area contributed by atoms with Crippen LogP contribution < -0.4 is 10.2 Å². The van der Waals surface area contributed by atoms with Crippen molar-refractivity contribution in [2.24, 2.45) is 0 Å². The molecule has 118 valence electrons. The fourth-order valence-electron chi connectivity index (χ4n) is 3.19. The number of nitrogens with zero attached hydrogens (tertiary/aromatic N) is 2. The number of esters is 1. The summed E-state index contributed by atoms with van der Waals surface area (Å²) < 4.78 is 4.83. The average Bonchev–Trinajstić information content (AvgIpc) is 3.04. The van der Waals surface area contributed by atoms with Crippen LogP contribution >= 0.6 is 0 Å².